The number of hydrogen-bond acceptors (Lipinski definition) is 5. The van der Waals surface area contributed by atoms with Crippen molar-refractivity contribution >= 4 is 11.8 Å². The highest BCUT2D eigenvalue weighted by molar-refractivity contribution is 5.84. The summed E-state index contributed by atoms with van der Waals surface area (Å²) in [6.45, 7) is 2.73. The van der Waals surface area contributed by atoms with E-state index in [2.05, 4.69) is 20.2 Å². The summed E-state index contributed by atoms with van der Waals surface area (Å²) in [5.74, 6) is -0.0531. The number of rotatable bonds is 4. The van der Waals surface area contributed by atoms with E-state index in [0.29, 0.717) is 12.0 Å². The van der Waals surface area contributed by atoms with Gasteiger partial charge in [-0.3, -0.25) is 0 Å². The summed E-state index contributed by atoms with van der Waals surface area (Å²) in [6, 6.07) is 4.02. The molecule has 0 unspecified atom stereocenters. The monoisotopic (exact) mass is 285 g/mol. The van der Waals surface area contributed by atoms with E-state index in [1.807, 2.05) is 18.3 Å². The fraction of sp³-hybridized carbons (Fsp3) is 0.429. The fourth-order valence-electron chi connectivity index (χ4n) is 2.78. The topological polar surface area (TPSA) is 84.1 Å². The third-order valence-corrected chi connectivity index (χ3v) is 4.25. The number of hydrogen-bond donors (Lipinski definition) is 1. The maximum Gasteiger partial charge on any atom is 0.358 e. The minimum atomic E-state index is -1.07. The van der Waals surface area contributed by atoms with Crippen LogP contribution >= 0.6 is 0 Å². The molecule has 2 aromatic rings. The SMILES string of the molecule is O=C(O)c1cn(Cc2ccc(N3CC4(CC4)C3)nc2)nn1. The van der Waals surface area contributed by atoms with Crippen LogP contribution in [0.4, 0.5) is 5.82 Å². The van der Waals surface area contributed by atoms with Crippen LogP contribution in [-0.4, -0.2) is 44.1 Å². The second-order valence-electron chi connectivity index (χ2n) is 5.99. The van der Waals surface area contributed by atoms with Crippen molar-refractivity contribution in [2.75, 3.05) is 18.0 Å². The predicted molar refractivity (Wildman–Crippen MR) is 74.2 cm³/mol. The van der Waals surface area contributed by atoms with Crippen LogP contribution in [0.5, 0.6) is 0 Å². The fourth-order valence-corrected chi connectivity index (χ4v) is 2.78. The lowest BCUT2D eigenvalue weighted by atomic mass is 9.97. The van der Waals surface area contributed by atoms with Gasteiger partial charge in [-0.2, -0.15) is 0 Å². The molecule has 0 amide bonds. The number of carboxylic acids is 1. The van der Waals surface area contributed by atoms with Crippen molar-refractivity contribution in [1.29, 1.82) is 0 Å². The second-order valence-corrected chi connectivity index (χ2v) is 5.99. The molecule has 2 aromatic heterocycles. The first-order valence-corrected chi connectivity index (χ1v) is 6.97. The Balaban J connectivity index is 1.42. The van der Waals surface area contributed by atoms with Gasteiger partial charge in [-0.05, 0) is 24.5 Å². The molecule has 3 heterocycles. The molecule has 1 N–H and O–H groups in total. The van der Waals surface area contributed by atoms with Crippen molar-refractivity contribution in [3.8, 4) is 0 Å². The maximum absolute atomic E-state index is 10.7. The summed E-state index contributed by atoms with van der Waals surface area (Å²) in [6.07, 6.45) is 5.96. The Morgan fingerprint density at radius 1 is 1.33 bits per heavy atom. The third kappa shape index (κ3) is 2.24. The quantitative estimate of drug-likeness (QED) is 0.903. The number of aromatic carboxylic acids is 1. The Labute approximate surface area is 121 Å². The van der Waals surface area contributed by atoms with Crippen molar-refractivity contribution in [1.82, 2.24) is 20.0 Å². The molecular formula is C14H15N5O2. The molecule has 21 heavy (non-hydrogen) atoms. The first kappa shape index (κ1) is 12.3. The standard InChI is InChI=1S/C14H15N5O2/c20-13(21)11-7-19(17-16-11)6-10-1-2-12(15-5-10)18-8-14(9-18)3-4-14/h1-2,5,7H,3-4,6,8-9H2,(H,20,21). The van der Waals surface area contributed by atoms with Crippen LogP contribution in [0.25, 0.3) is 0 Å². The first-order chi connectivity index (χ1) is 10.1. The molecular weight excluding hydrogens is 270 g/mol. The number of nitrogens with zero attached hydrogens (tertiary/aromatic N) is 5. The molecule has 0 radical (unpaired) electrons. The van der Waals surface area contributed by atoms with Gasteiger partial charge < -0.3 is 10.0 Å². The van der Waals surface area contributed by atoms with Crippen molar-refractivity contribution in [2.24, 2.45) is 5.41 Å². The summed E-state index contributed by atoms with van der Waals surface area (Å²) in [5.41, 5.74) is 1.55. The van der Waals surface area contributed by atoms with Gasteiger partial charge in [0.25, 0.3) is 0 Å². The molecule has 0 atom stereocenters. The molecule has 2 fully saturated rings. The van der Waals surface area contributed by atoms with Crippen molar-refractivity contribution in [3.05, 3.63) is 35.8 Å². The highest BCUT2D eigenvalue weighted by atomic mass is 16.4. The number of pyridine rings is 1. The summed E-state index contributed by atoms with van der Waals surface area (Å²) < 4.78 is 1.50. The Kier molecular flexibility index (Phi) is 2.51. The predicted octanol–water partition coefficient (Wildman–Crippen LogP) is 1.02. The number of carbonyl (C=O) groups is 1. The Morgan fingerprint density at radius 3 is 2.71 bits per heavy atom. The lowest BCUT2D eigenvalue weighted by Gasteiger charge is -2.40. The maximum atomic E-state index is 10.7. The molecule has 0 bridgehead atoms. The van der Waals surface area contributed by atoms with Gasteiger partial charge in [-0.1, -0.05) is 11.3 Å². The largest absolute Gasteiger partial charge is 0.476 e. The van der Waals surface area contributed by atoms with E-state index in [-0.39, 0.29) is 5.69 Å². The van der Waals surface area contributed by atoms with Crippen LogP contribution < -0.4 is 4.90 Å². The second kappa shape index (κ2) is 4.28. The van der Waals surface area contributed by atoms with E-state index < -0.39 is 5.97 Å². The van der Waals surface area contributed by atoms with E-state index >= 15 is 0 Å². The van der Waals surface area contributed by atoms with Gasteiger partial charge in [0.15, 0.2) is 5.69 Å². The van der Waals surface area contributed by atoms with Gasteiger partial charge in [0.2, 0.25) is 0 Å². The third-order valence-electron chi connectivity index (χ3n) is 4.25. The van der Waals surface area contributed by atoms with Gasteiger partial charge in [0.1, 0.15) is 5.82 Å². The molecule has 1 aliphatic heterocycles. The molecule has 1 spiro atoms. The van der Waals surface area contributed by atoms with E-state index in [0.717, 1.165) is 24.5 Å². The summed E-state index contributed by atoms with van der Waals surface area (Å²) in [7, 11) is 0. The lowest BCUT2D eigenvalue weighted by Crippen LogP contribution is -2.48. The number of aromatic nitrogens is 4. The van der Waals surface area contributed by atoms with Gasteiger partial charge in [-0.15, -0.1) is 5.10 Å². The molecule has 1 saturated carbocycles. The zero-order chi connectivity index (χ0) is 14.4. The van der Waals surface area contributed by atoms with Crippen LogP contribution in [0, 0.1) is 5.41 Å². The minimum absolute atomic E-state index is 0.0464. The average Bonchev–Trinajstić information content (AvgIpc) is 3.11. The Hall–Kier alpha value is -2.44. The molecule has 7 heteroatoms. The molecule has 7 nitrogen and oxygen atoms in total. The first-order valence-electron chi connectivity index (χ1n) is 6.97. The van der Waals surface area contributed by atoms with E-state index in [1.165, 1.54) is 23.7 Å². The van der Waals surface area contributed by atoms with Crippen molar-refractivity contribution in [2.45, 2.75) is 19.4 Å². The highest BCUT2D eigenvalue weighted by Crippen LogP contribution is 2.53. The van der Waals surface area contributed by atoms with E-state index in [1.54, 1.807) is 0 Å². The normalized spacial score (nSPS) is 18.6. The zero-order valence-electron chi connectivity index (χ0n) is 11.4. The van der Waals surface area contributed by atoms with Crippen LogP contribution in [0.3, 0.4) is 0 Å². The smallest absolute Gasteiger partial charge is 0.358 e. The summed E-state index contributed by atoms with van der Waals surface area (Å²) >= 11 is 0. The number of carboxylic acid groups (broad SMARTS) is 1. The van der Waals surface area contributed by atoms with Crippen molar-refractivity contribution < 1.29 is 9.90 Å². The van der Waals surface area contributed by atoms with Gasteiger partial charge >= 0.3 is 5.97 Å². The molecule has 0 aromatic carbocycles. The minimum Gasteiger partial charge on any atom is -0.476 e. The lowest BCUT2D eigenvalue weighted by molar-refractivity contribution is 0.0690. The summed E-state index contributed by atoms with van der Waals surface area (Å²) in [4.78, 5) is 17.5. The zero-order valence-corrected chi connectivity index (χ0v) is 11.4. The van der Waals surface area contributed by atoms with Crippen LogP contribution in [0.15, 0.2) is 24.5 Å². The molecule has 4 rings (SSSR count). The number of anilines is 1. The molecule has 2 aliphatic rings. The molecule has 1 saturated heterocycles. The van der Waals surface area contributed by atoms with E-state index in [4.69, 9.17) is 5.11 Å². The van der Waals surface area contributed by atoms with Gasteiger partial charge in [0.05, 0.1) is 12.7 Å². The average molecular weight is 285 g/mol. The van der Waals surface area contributed by atoms with E-state index in [9.17, 15) is 4.79 Å². The van der Waals surface area contributed by atoms with Crippen LogP contribution in [0.1, 0.15) is 28.9 Å². The molecule has 1 aliphatic carbocycles. The Morgan fingerprint density at radius 2 is 2.14 bits per heavy atom. The van der Waals surface area contributed by atoms with Crippen molar-refractivity contribution in [3.63, 3.8) is 0 Å². The Bertz CT molecular complexity index is 682. The highest BCUT2D eigenvalue weighted by Gasteiger charge is 2.52. The van der Waals surface area contributed by atoms with Crippen LogP contribution in [-0.2, 0) is 6.54 Å². The molecule has 108 valence electrons. The summed E-state index contributed by atoms with van der Waals surface area (Å²) in [5, 5.41) is 16.2. The van der Waals surface area contributed by atoms with Gasteiger partial charge in [0, 0.05) is 24.7 Å². The van der Waals surface area contributed by atoms with Gasteiger partial charge in [-0.25, -0.2) is 14.5 Å². The van der Waals surface area contributed by atoms with Crippen LogP contribution in [0.2, 0.25) is 0 Å².